The number of halogens is 1. The first-order valence-electron chi connectivity index (χ1n) is 5.85. The molecule has 1 atom stereocenters. The van der Waals surface area contributed by atoms with Gasteiger partial charge in [0.2, 0.25) is 5.82 Å². The second-order valence-corrected chi connectivity index (χ2v) is 4.38. The van der Waals surface area contributed by atoms with Crippen molar-refractivity contribution in [2.75, 3.05) is 6.61 Å². The molecule has 1 unspecified atom stereocenters. The average molecular weight is 280 g/mol. The van der Waals surface area contributed by atoms with Crippen LogP contribution in [0, 0.1) is 32.7 Å². The largest absolute Gasteiger partial charge is 0.465 e. The average Bonchev–Trinajstić information content (AvgIpc) is 2.38. The van der Waals surface area contributed by atoms with Gasteiger partial charge in [0.05, 0.1) is 17.6 Å². The van der Waals surface area contributed by atoms with E-state index in [2.05, 4.69) is 0 Å². The standard InChI is InChI=1S/C13H13FN2O4/c1-3-20-12(17)13(2,8-15)7-9-4-5-11(16(18)19)10(14)6-9/h4-6H,3,7H2,1-2H3. The number of nitriles is 1. The second-order valence-electron chi connectivity index (χ2n) is 4.38. The summed E-state index contributed by atoms with van der Waals surface area (Å²) in [4.78, 5) is 21.4. The Kier molecular flexibility index (Phi) is 4.75. The summed E-state index contributed by atoms with van der Waals surface area (Å²) in [6.07, 6.45) is -0.0861. The highest BCUT2D eigenvalue weighted by Crippen LogP contribution is 2.26. The third-order valence-corrected chi connectivity index (χ3v) is 2.74. The topological polar surface area (TPSA) is 93.2 Å². The summed E-state index contributed by atoms with van der Waals surface area (Å²) in [5, 5.41) is 19.6. The smallest absolute Gasteiger partial charge is 0.326 e. The van der Waals surface area contributed by atoms with E-state index >= 15 is 0 Å². The molecule has 1 aromatic rings. The lowest BCUT2D eigenvalue weighted by molar-refractivity contribution is -0.387. The number of esters is 1. The van der Waals surface area contributed by atoms with E-state index in [9.17, 15) is 19.3 Å². The predicted molar refractivity (Wildman–Crippen MR) is 67.1 cm³/mol. The Balaban J connectivity index is 3.03. The maximum atomic E-state index is 13.5. The molecule has 0 aliphatic carbocycles. The van der Waals surface area contributed by atoms with Crippen LogP contribution in [0.3, 0.4) is 0 Å². The third-order valence-electron chi connectivity index (χ3n) is 2.74. The second kappa shape index (κ2) is 6.10. The number of carbonyl (C=O) groups excluding carboxylic acids is 1. The predicted octanol–water partition coefficient (Wildman–Crippen LogP) is 2.37. The zero-order valence-electron chi connectivity index (χ0n) is 11.1. The molecule has 0 bridgehead atoms. The Hall–Kier alpha value is -2.49. The van der Waals surface area contributed by atoms with Crippen LogP contribution in [0.25, 0.3) is 0 Å². The Morgan fingerprint density at radius 1 is 1.60 bits per heavy atom. The van der Waals surface area contributed by atoms with Gasteiger partial charge in [-0.15, -0.1) is 0 Å². The van der Waals surface area contributed by atoms with Crippen molar-refractivity contribution in [2.45, 2.75) is 20.3 Å². The molecule has 0 fully saturated rings. The highest BCUT2D eigenvalue weighted by molar-refractivity contribution is 5.80. The molecule has 7 heteroatoms. The van der Waals surface area contributed by atoms with Gasteiger partial charge in [0, 0.05) is 12.5 Å². The lowest BCUT2D eigenvalue weighted by atomic mass is 9.85. The quantitative estimate of drug-likeness (QED) is 0.469. The molecular formula is C13H13FN2O4. The number of nitro benzene ring substituents is 1. The molecule has 106 valence electrons. The molecule has 1 aromatic carbocycles. The highest BCUT2D eigenvalue weighted by Gasteiger charge is 2.35. The molecule has 0 amide bonds. The first kappa shape index (κ1) is 15.6. The van der Waals surface area contributed by atoms with Gasteiger partial charge in [0.15, 0.2) is 5.41 Å². The van der Waals surface area contributed by atoms with Gasteiger partial charge in [0.25, 0.3) is 0 Å². The summed E-state index contributed by atoms with van der Waals surface area (Å²) in [5.74, 6) is -1.71. The van der Waals surface area contributed by atoms with E-state index in [1.807, 2.05) is 6.07 Å². The maximum absolute atomic E-state index is 13.5. The molecule has 20 heavy (non-hydrogen) atoms. The molecule has 0 radical (unpaired) electrons. The normalized spacial score (nSPS) is 13.1. The van der Waals surface area contributed by atoms with Gasteiger partial charge in [-0.25, -0.2) is 0 Å². The van der Waals surface area contributed by atoms with Crippen LogP contribution in [0.15, 0.2) is 18.2 Å². The number of hydrogen-bond donors (Lipinski definition) is 0. The number of nitro groups is 1. The number of benzene rings is 1. The number of hydrogen-bond acceptors (Lipinski definition) is 5. The number of ether oxygens (including phenoxy) is 1. The van der Waals surface area contributed by atoms with Crippen molar-refractivity contribution in [1.82, 2.24) is 0 Å². The molecule has 0 heterocycles. The van der Waals surface area contributed by atoms with Crippen molar-refractivity contribution in [3.8, 4) is 6.07 Å². The van der Waals surface area contributed by atoms with Crippen LogP contribution < -0.4 is 0 Å². The van der Waals surface area contributed by atoms with Crippen molar-refractivity contribution in [2.24, 2.45) is 5.41 Å². The van der Waals surface area contributed by atoms with Crippen LogP contribution in [-0.2, 0) is 16.0 Å². The molecule has 0 aliphatic rings. The first-order chi connectivity index (χ1) is 9.34. The molecular weight excluding hydrogens is 267 g/mol. The summed E-state index contributed by atoms with van der Waals surface area (Å²) >= 11 is 0. The van der Waals surface area contributed by atoms with Gasteiger partial charge in [-0.05, 0) is 25.5 Å². The molecule has 0 aromatic heterocycles. The van der Waals surface area contributed by atoms with Crippen molar-refractivity contribution >= 4 is 11.7 Å². The summed E-state index contributed by atoms with van der Waals surface area (Å²) in [7, 11) is 0. The summed E-state index contributed by atoms with van der Waals surface area (Å²) in [6, 6.07) is 5.11. The first-order valence-corrected chi connectivity index (χ1v) is 5.85. The molecule has 0 N–H and O–H groups in total. The molecule has 1 rings (SSSR count). The highest BCUT2D eigenvalue weighted by atomic mass is 19.1. The molecule has 0 aliphatic heterocycles. The lowest BCUT2D eigenvalue weighted by Crippen LogP contribution is -2.30. The minimum atomic E-state index is -1.46. The van der Waals surface area contributed by atoms with E-state index in [1.165, 1.54) is 13.0 Å². The fraction of sp³-hybridized carbons (Fsp3) is 0.385. The van der Waals surface area contributed by atoms with E-state index < -0.39 is 27.8 Å². The number of nitrogens with zero attached hydrogens (tertiary/aromatic N) is 2. The van der Waals surface area contributed by atoms with E-state index in [1.54, 1.807) is 6.92 Å². The minimum Gasteiger partial charge on any atom is -0.465 e. The van der Waals surface area contributed by atoms with Crippen LogP contribution >= 0.6 is 0 Å². The fourth-order valence-electron chi connectivity index (χ4n) is 1.66. The van der Waals surface area contributed by atoms with Crippen LogP contribution in [0.4, 0.5) is 10.1 Å². The molecule has 0 spiro atoms. The van der Waals surface area contributed by atoms with Crippen molar-refractivity contribution < 1.29 is 18.8 Å². The van der Waals surface area contributed by atoms with E-state index in [4.69, 9.17) is 10.00 Å². The van der Waals surface area contributed by atoms with Gasteiger partial charge in [-0.1, -0.05) is 6.07 Å². The fourth-order valence-corrected chi connectivity index (χ4v) is 1.66. The van der Waals surface area contributed by atoms with Gasteiger partial charge >= 0.3 is 11.7 Å². The Morgan fingerprint density at radius 2 is 2.25 bits per heavy atom. The monoisotopic (exact) mass is 280 g/mol. The minimum absolute atomic E-state index is 0.0861. The van der Waals surface area contributed by atoms with Crippen LogP contribution in [0.2, 0.25) is 0 Å². The SMILES string of the molecule is CCOC(=O)C(C)(C#N)Cc1ccc([N+](=O)[O-])c(F)c1. The molecule has 6 nitrogen and oxygen atoms in total. The van der Waals surface area contributed by atoms with Crippen LogP contribution in [0.5, 0.6) is 0 Å². The number of rotatable bonds is 5. The zero-order valence-corrected chi connectivity index (χ0v) is 11.1. The summed E-state index contributed by atoms with van der Waals surface area (Å²) in [6.45, 7) is 3.12. The van der Waals surface area contributed by atoms with Gasteiger partial charge in [-0.2, -0.15) is 9.65 Å². The van der Waals surface area contributed by atoms with Crippen molar-refractivity contribution in [1.29, 1.82) is 5.26 Å². The van der Waals surface area contributed by atoms with E-state index in [0.717, 1.165) is 12.1 Å². The third kappa shape index (κ3) is 3.29. The maximum Gasteiger partial charge on any atom is 0.326 e. The Labute approximate surface area is 114 Å². The van der Waals surface area contributed by atoms with Crippen molar-refractivity contribution in [3.05, 3.63) is 39.7 Å². The molecule has 0 saturated heterocycles. The summed E-state index contributed by atoms with van der Waals surface area (Å²) in [5.41, 5.74) is -1.80. The van der Waals surface area contributed by atoms with E-state index in [0.29, 0.717) is 5.56 Å². The van der Waals surface area contributed by atoms with Crippen molar-refractivity contribution in [3.63, 3.8) is 0 Å². The van der Waals surface area contributed by atoms with Gasteiger partial charge in [0.1, 0.15) is 0 Å². The van der Waals surface area contributed by atoms with Gasteiger partial charge in [-0.3, -0.25) is 14.9 Å². The lowest BCUT2D eigenvalue weighted by Gasteiger charge is -2.19. The molecule has 0 saturated carbocycles. The Morgan fingerprint density at radius 3 is 2.70 bits per heavy atom. The summed E-state index contributed by atoms with van der Waals surface area (Å²) < 4.78 is 18.3. The van der Waals surface area contributed by atoms with Crippen LogP contribution in [0.1, 0.15) is 19.4 Å². The zero-order chi connectivity index (χ0) is 15.3. The van der Waals surface area contributed by atoms with Gasteiger partial charge < -0.3 is 4.74 Å². The number of carbonyl (C=O) groups is 1. The van der Waals surface area contributed by atoms with E-state index in [-0.39, 0.29) is 13.0 Å². The Bertz CT molecular complexity index is 582. The van der Waals surface area contributed by atoms with Crippen LogP contribution in [-0.4, -0.2) is 17.5 Å².